The zero-order chi connectivity index (χ0) is 15.9. The molecular weight excluding hydrogens is 280 g/mol. The molecule has 1 aliphatic rings. The first kappa shape index (κ1) is 14.6. The van der Waals surface area contributed by atoms with Gasteiger partial charge in [-0.3, -0.25) is 9.59 Å². The fourth-order valence-corrected chi connectivity index (χ4v) is 3.02. The summed E-state index contributed by atoms with van der Waals surface area (Å²) in [5.41, 5.74) is 2.16. The molecule has 116 valence electrons. The van der Waals surface area contributed by atoms with Gasteiger partial charge >= 0.3 is 5.97 Å². The molecule has 0 saturated carbocycles. The SMILES string of the molecule is CC(C)OC(=O)C1CCn2c(C(=O)c3cccn3C)ccc21. The maximum Gasteiger partial charge on any atom is 0.315 e. The number of hydrogen-bond donors (Lipinski definition) is 0. The minimum Gasteiger partial charge on any atom is -0.462 e. The van der Waals surface area contributed by atoms with Crippen molar-refractivity contribution >= 4 is 11.8 Å². The Morgan fingerprint density at radius 3 is 2.64 bits per heavy atom. The largest absolute Gasteiger partial charge is 0.462 e. The van der Waals surface area contributed by atoms with Crippen LogP contribution in [-0.4, -0.2) is 27.0 Å². The molecule has 0 N–H and O–H groups in total. The summed E-state index contributed by atoms with van der Waals surface area (Å²) in [6, 6.07) is 7.33. The zero-order valence-electron chi connectivity index (χ0n) is 13.1. The first-order valence-electron chi connectivity index (χ1n) is 7.55. The molecular formula is C17H20N2O3. The van der Waals surface area contributed by atoms with Crippen LogP contribution in [0.15, 0.2) is 30.5 Å². The van der Waals surface area contributed by atoms with Gasteiger partial charge in [-0.1, -0.05) is 0 Å². The molecule has 3 heterocycles. The summed E-state index contributed by atoms with van der Waals surface area (Å²) in [6.45, 7) is 4.36. The summed E-state index contributed by atoms with van der Waals surface area (Å²) in [4.78, 5) is 24.8. The van der Waals surface area contributed by atoms with Crippen molar-refractivity contribution in [2.75, 3.05) is 0 Å². The number of nitrogens with zero attached hydrogens (tertiary/aromatic N) is 2. The van der Waals surface area contributed by atoms with Crippen LogP contribution in [0.2, 0.25) is 0 Å². The van der Waals surface area contributed by atoms with Crippen LogP contribution >= 0.6 is 0 Å². The highest BCUT2D eigenvalue weighted by Gasteiger charge is 2.33. The van der Waals surface area contributed by atoms with Crippen molar-refractivity contribution in [3.63, 3.8) is 0 Å². The molecule has 1 unspecified atom stereocenters. The van der Waals surface area contributed by atoms with Gasteiger partial charge in [-0.15, -0.1) is 0 Å². The summed E-state index contributed by atoms with van der Waals surface area (Å²) >= 11 is 0. The average molecular weight is 300 g/mol. The number of fused-ring (bicyclic) bond motifs is 1. The van der Waals surface area contributed by atoms with Crippen LogP contribution < -0.4 is 0 Å². The summed E-state index contributed by atoms with van der Waals surface area (Å²) < 4.78 is 9.06. The van der Waals surface area contributed by atoms with Crippen molar-refractivity contribution in [3.8, 4) is 0 Å². The van der Waals surface area contributed by atoms with Crippen LogP contribution in [0.25, 0.3) is 0 Å². The van der Waals surface area contributed by atoms with Gasteiger partial charge in [-0.05, 0) is 44.5 Å². The fraction of sp³-hybridized carbons (Fsp3) is 0.412. The molecule has 0 aliphatic carbocycles. The van der Waals surface area contributed by atoms with E-state index in [9.17, 15) is 9.59 Å². The van der Waals surface area contributed by atoms with E-state index in [0.717, 1.165) is 5.69 Å². The number of aromatic nitrogens is 2. The minimum atomic E-state index is -0.266. The molecule has 0 bridgehead atoms. The molecule has 22 heavy (non-hydrogen) atoms. The summed E-state index contributed by atoms with van der Waals surface area (Å²) in [6.07, 6.45) is 2.42. The molecule has 1 aliphatic heterocycles. The number of rotatable bonds is 4. The zero-order valence-corrected chi connectivity index (χ0v) is 13.1. The van der Waals surface area contributed by atoms with Gasteiger partial charge in [0.25, 0.3) is 0 Å². The Morgan fingerprint density at radius 2 is 2.00 bits per heavy atom. The van der Waals surface area contributed by atoms with Crippen LogP contribution in [0.3, 0.4) is 0 Å². The van der Waals surface area contributed by atoms with E-state index >= 15 is 0 Å². The van der Waals surface area contributed by atoms with Crippen molar-refractivity contribution < 1.29 is 14.3 Å². The Kier molecular flexibility index (Phi) is 3.64. The van der Waals surface area contributed by atoms with Gasteiger partial charge < -0.3 is 13.9 Å². The van der Waals surface area contributed by atoms with Crippen molar-refractivity contribution in [1.82, 2.24) is 9.13 Å². The van der Waals surface area contributed by atoms with Crippen molar-refractivity contribution in [2.45, 2.75) is 38.8 Å². The Labute approximate surface area is 129 Å². The molecule has 0 amide bonds. The second kappa shape index (κ2) is 5.48. The fourth-order valence-electron chi connectivity index (χ4n) is 3.02. The molecule has 0 spiro atoms. The topological polar surface area (TPSA) is 53.2 Å². The third-order valence-electron chi connectivity index (χ3n) is 4.06. The molecule has 2 aromatic rings. The van der Waals surface area contributed by atoms with Gasteiger partial charge in [0.2, 0.25) is 5.78 Å². The Morgan fingerprint density at radius 1 is 1.23 bits per heavy atom. The van der Waals surface area contributed by atoms with Gasteiger partial charge in [0, 0.05) is 25.5 Å². The second-order valence-corrected chi connectivity index (χ2v) is 5.96. The predicted molar refractivity (Wildman–Crippen MR) is 81.9 cm³/mol. The number of hydrogen-bond acceptors (Lipinski definition) is 3. The third-order valence-corrected chi connectivity index (χ3v) is 4.06. The van der Waals surface area contributed by atoms with E-state index in [0.29, 0.717) is 24.4 Å². The normalized spacial score (nSPS) is 16.8. The van der Waals surface area contributed by atoms with E-state index in [1.165, 1.54) is 0 Å². The summed E-state index contributed by atoms with van der Waals surface area (Å²) in [7, 11) is 1.85. The van der Waals surface area contributed by atoms with E-state index in [-0.39, 0.29) is 23.8 Å². The highest BCUT2D eigenvalue weighted by Crippen LogP contribution is 2.32. The van der Waals surface area contributed by atoms with Crippen molar-refractivity contribution in [1.29, 1.82) is 0 Å². The summed E-state index contributed by atoms with van der Waals surface area (Å²) in [5.74, 6) is -0.487. The predicted octanol–water partition coefficient (Wildman–Crippen LogP) is 2.50. The maximum absolute atomic E-state index is 12.6. The van der Waals surface area contributed by atoms with Crippen LogP contribution in [-0.2, 0) is 23.1 Å². The number of carbonyl (C=O) groups is 2. The molecule has 5 nitrogen and oxygen atoms in total. The van der Waals surface area contributed by atoms with Crippen molar-refractivity contribution in [2.24, 2.45) is 7.05 Å². The van der Waals surface area contributed by atoms with Gasteiger partial charge in [0.15, 0.2) is 0 Å². The van der Waals surface area contributed by atoms with Crippen LogP contribution in [0.1, 0.15) is 48.1 Å². The smallest absolute Gasteiger partial charge is 0.315 e. The van der Waals surface area contributed by atoms with E-state index in [4.69, 9.17) is 4.74 Å². The third kappa shape index (κ3) is 2.36. The standard InChI is InChI=1S/C17H20N2O3/c1-11(2)22-17(21)12-8-10-19-13(12)6-7-15(19)16(20)14-5-4-9-18(14)3/h4-7,9,11-12H,8,10H2,1-3H3. The number of carbonyl (C=O) groups excluding carboxylic acids is 2. The molecule has 1 atom stereocenters. The number of aryl methyl sites for hydroxylation is 1. The Hall–Kier alpha value is -2.30. The molecule has 0 radical (unpaired) electrons. The van der Waals surface area contributed by atoms with Crippen molar-refractivity contribution in [3.05, 3.63) is 47.5 Å². The number of ketones is 1. The monoisotopic (exact) mass is 300 g/mol. The van der Waals surface area contributed by atoms with Gasteiger partial charge in [0.05, 0.1) is 23.4 Å². The average Bonchev–Trinajstić information content (AvgIpc) is 3.11. The lowest BCUT2D eigenvalue weighted by Crippen LogP contribution is -2.18. The molecule has 0 fully saturated rings. The molecule has 5 heteroatoms. The molecule has 0 saturated heterocycles. The first-order chi connectivity index (χ1) is 10.5. The second-order valence-electron chi connectivity index (χ2n) is 5.96. The van der Waals surface area contributed by atoms with Crippen LogP contribution in [0, 0.1) is 0 Å². The van der Waals surface area contributed by atoms with E-state index in [1.54, 1.807) is 6.07 Å². The minimum absolute atomic E-state index is 0.0170. The number of esters is 1. The first-order valence-corrected chi connectivity index (χ1v) is 7.55. The van der Waals surface area contributed by atoms with Crippen LogP contribution in [0.4, 0.5) is 0 Å². The molecule has 0 aromatic carbocycles. The van der Waals surface area contributed by atoms with E-state index < -0.39 is 0 Å². The number of ether oxygens (including phenoxy) is 1. The lowest BCUT2D eigenvalue weighted by Gasteiger charge is -2.12. The van der Waals surface area contributed by atoms with Gasteiger partial charge in [-0.25, -0.2) is 0 Å². The highest BCUT2D eigenvalue weighted by molar-refractivity contribution is 6.07. The maximum atomic E-state index is 12.6. The lowest BCUT2D eigenvalue weighted by molar-refractivity contribution is -0.149. The van der Waals surface area contributed by atoms with E-state index in [1.807, 2.05) is 54.4 Å². The Bertz CT molecular complexity index is 724. The summed E-state index contributed by atoms with van der Waals surface area (Å²) in [5, 5.41) is 0. The molecule has 3 rings (SSSR count). The quantitative estimate of drug-likeness (QED) is 0.644. The van der Waals surface area contributed by atoms with Crippen LogP contribution in [0.5, 0.6) is 0 Å². The molecule has 2 aromatic heterocycles. The highest BCUT2D eigenvalue weighted by atomic mass is 16.5. The Balaban J connectivity index is 1.89. The van der Waals surface area contributed by atoms with Gasteiger partial charge in [0.1, 0.15) is 0 Å². The van der Waals surface area contributed by atoms with Gasteiger partial charge in [-0.2, -0.15) is 0 Å². The lowest BCUT2D eigenvalue weighted by atomic mass is 10.1. The van der Waals surface area contributed by atoms with E-state index in [2.05, 4.69) is 0 Å².